The van der Waals surface area contributed by atoms with Gasteiger partial charge in [0.2, 0.25) is 0 Å². The molecule has 1 aliphatic carbocycles. The lowest BCUT2D eigenvalue weighted by atomic mass is 10.2. The Balaban J connectivity index is 1.44. The fourth-order valence-corrected chi connectivity index (χ4v) is 2.92. The molecule has 6 nitrogen and oxygen atoms in total. The highest BCUT2D eigenvalue weighted by Crippen LogP contribution is 2.42. The number of aromatic amines is 1. The molecule has 0 radical (unpaired) electrons. The van der Waals surface area contributed by atoms with Crippen LogP contribution in [0.25, 0.3) is 0 Å². The Morgan fingerprint density at radius 1 is 1.33 bits per heavy atom. The number of nitrogens with one attached hydrogen (secondary N) is 2. The van der Waals surface area contributed by atoms with Gasteiger partial charge in [0.15, 0.2) is 5.69 Å². The maximum atomic E-state index is 12.3. The number of anilines is 1. The van der Waals surface area contributed by atoms with Crippen molar-refractivity contribution in [3.63, 3.8) is 0 Å². The molecule has 0 aliphatic heterocycles. The van der Waals surface area contributed by atoms with Crippen LogP contribution in [0.4, 0.5) is 5.69 Å². The highest BCUT2D eigenvalue weighted by Gasteiger charge is 2.30. The number of carbonyl (C=O) groups is 1. The molecule has 0 saturated heterocycles. The summed E-state index contributed by atoms with van der Waals surface area (Å²) in [4.78, 5) is 12.3. The molecule has 4 rings (SSSR count). The standard InChI is InChI=1S/C17H16ClN5O/c18-14-15(12-4-5-12)21-22-16(14)17(24)20-13-6-2-11(3-7-13)10-23-9-1-8-19-23/h1-3,6-9,12H,4-5,10H2,(H,20,24)(H,21,22). The molecule has 0 atom stereocenters. The summed E-state index contributed by atoms with van der Waals surface area (Å²) in [6.45, 7) is 0.692. The van der Waals surface area contributed by atoms with Crippen LogP contribution in [0.3, 0.4) is 0 Å². The van der Waals surface area contributed by atoms with Gasteiger partial charge >= 0.3 is 0 Å². The fourth-order valence-electron chi connectivity index (χ4n) is 2.60. The van der Waals surface area contributed by atoms with Crippen LogP contribution < -0.4 is 5.32 Å². The van der Waals surface area contributed by atoms with Crippen molar-refractivity contribution in [3.8, 4) is 0 Å². The SMILES string of the molecule is O=C(Nc1ccc(Cn2cccn2)cc1)c1n[nH]c(C2CC2)c1Cl. The molecule has 24 heavy (non-hydrogen) atoms. The summed E-state index contributed by atoms with van der Waals surface area (Å²) in [7, 11) is 0. The number of H-pyrrole nitrogens is 1. The maximum Gasteiger partial charge on any atom is 0.277 e. The first kappa shape index (κ1) is 15.0. The van der Waals surface area contributed by atoms with E-state index in [1.807, 2.05) is 41.2 Å². The largest absolute Gasteiger partial charge is 0.321 e. The molecular formula is C17H16ClN5O. The number of nitrogens with zero attached hydrogens (tertiary/aromatic N) is 3. The average Bonchev–Trinajstić information content (AvgIpc) is 3.15. The summed E-state index contributed by atoms with van der Waals surface area (Å²) < 4.78 is 1.84. The molecule has 122 valence electrons. The zero-order valence-corrected chi connectivity index (χ0v) is 13.6. The van der Waals surface area contributed by atoms with Gasteiger partial charge in [-0.1, -0.05) is 23.7 Å². The van der Waals surface area contributed by atoms with E-state index in [-0.39, 0.29) is 11.6 Å². The molecular weight excluding hydrogens is 326 g/mol. The van der Waals surface area contributed by atoms with Crippen molar-refractivity contribution < 1.29 is 4.79 Å². The van der Waals surface area contributed by atoms with Crippen molar-refractivity contribution in [2.24, 2.45) is 0 Å². The summed E-state index contributed by atoms with van der Waals surface area (Å²) in [5.74, 6) is 0.121. The number of benzene rings is 1. The third-order valence-corrected chi connectivity index (χ3v) is 4.43. The number of carbonyl (C=O) groups excluding carboxylic acids is 1. The summed E-state index contributed by atoms with van der Waals surface area (Å²) in [6, 6.07) is 9.52. The molecule has 1 aromatic carbocycles. The predicted molar refractivity (Wildman–Crippen MR) is 91.3 cm³/mol. The molecule has 0 spiro atoms. The molecule has 1 saturated carbocycles. The van der Waals surface area contributed by atoms with Gasteiger partial charge in [-0.2, -0.15) is 10.2 Å². The van der Waals surface area contributed by atoms with Crippen molar-refractivity contribution >= 4 is 23.2 Å². The second-order valence-corrected chi connectivity index (χ2v) is 6.31. The second kappa shape index (κ2) is 6.13. The van der Waals surface area contributed by atoms with Gasteiger partial charge in [0.05, 0.1) is 17.3 Å². The van der Waals surface area contributed by atoms with E-state index in [9.17, 15) is 4.79 Å². The third kappa shape index (κ3) is 3.05. The Kier molecular flexibility index (Phi) is 3.82. The molecule has 2 heterocycles. The Hall–Kier alpha value is -2.60. The van der Waals surface area contributed by atoms with Crippen LogP contribution in [-0.4, -0.2) is 25.9 Å². The molecule has 2 aromatic heterocycles. The molecule has 7 heteroatoms. The monoisotopic (exact) mass is 341 g/mol. The first-order valence-electron chi connectivity index (χ1n) is 7.82. The molecule has 1 amide bonds. The highest BCUT2D eigenvalue weighted by molar-refractivity contribution is 6.34. The van der Waals surface area contributed by atoms with Crippen LogP contribution in [0, 0.1) is 0 Å². The van der Waals surface area contributed by atoms with Gasteiger partial charge in [-0.25, -0.2) is 0 Å². The van der Waals surface area contributed by atoms with E-state index in [0.717, 1.165) is 24.1 Å². The van der Waals surface area contributed by atoms with E-state index >= 15 is 0 Å². The number of rotatable bonds is 5. The average molecular weight is 342 g/mol. The number of amides is 1. The van der Waals surface area contributed by atoms with Gasteiger partial charge in [-0.05, 0) is 36.6 Å². The summed E-state index contributed by atoms with van der Waals surface area (Å²) in [5, 5.41) is 14.4. The van der Waals surface area contributed by atoms with Crippen LogP contribution in [0.1, 0.15) is 40.5 Å². The minimum atomic E-state index is -0.303. The molecule has 0 bridgehead atoms. The van der Waals surface area contributed by atoms with Gasteiger partial charge in [0.1, 0.15) is 0 Å². The lowest BCUT2D eigenvalue weighted by Crippen LogP contribution is -2.13. The Bertz CT molecular complexity index is 850. The topological polar surface area (TPSA) is 75.6 Å². The van der Waals surface area contributed by atoms with E-state index in [1.54, 1.807) is 6.20 Å². The van der Waals surface area contributed by atoms with Crippen molar-refractivity contribution in [1.82, 2.24) is 20.0 Å². The van der Waals surface area contributed by atoms with Crippen molar-refractivity contribution in [3.05, 3.63) is 64.7 Å². The van der Waals surface area contributed by atoms with Gasteiger partial charge in [-0.3, -0.25) is 14.6 Å². The van der Waals surface area contributed by atoms with E-state index in [2.05, 4.69) is 20.6 Å². The first-order chi connectivity index (χ1) is 11.7. The number of hydrogen-bond acceptors (Lipinski definition) is 3. The molecule has 1 aliphatic rings. The number of aromatic nitrogens is 4. The van der Waals surface area contributed by atoms with Crippen molar-refractivity contribution in [2.45, 2.75) is 25.3 Å². The van der Waals surface area contributed by atoms with E-state index in [1.165, 1.54) is 0 Å². The van der Waals surface area contributed by atoms with E-state index < -0.39 is 0 Å². The highest BCUT2D eigenvalue weighted by atomic mass is 35.5. The zero-order chi connectivity index (χ0) is 16.5. The predicted octanol–water partition coefficient (Wildman–Crippen LogP) is 3.44. The van der Waals surface area contributed by atoms with Gasteiger partial charge in [0, 0.05) is 24.0 Å². The Morgan fingerprint density at radius 3 is 2.79 bits per heavy atom. The third-order valence-electron chi connectivity index (χ3n) is 4.05. The summed E-state index contributed by atoms with van der Waals surface area (Å²) >= 11 is 6.26. The normalized spacial score (nSPS) is 13.9. The zero-order valence-electron chi connectivity index (χ0n) is 12.9. The molecule has 3 aromatic rings. The van der Waals surface area contributed by atoms with Crippen LogP contribution in [0.15, 0.2) is 42.7 Å². The van der Waals surface area contributed by atoms with E-state index in [0.29, 0.717) is 23.2 Å². The van der Waals surface area contributed by atoms with Gasteiger partial charge < -0.3 is 5.32 Å². The van der Waals surface area contributed by atoms with Crippen LogP contribution in [-0.2, 0) is 6.54 Å². The minimum absolute atomic E-state index is 0.249. The lowest BCUT2D eigenvalue weighted by molar-refractivity contribution is 0.102. The minimum Gasteiger partial charge on any atom is -0.321 e. The second-order valence-electron chi connectivity index (χ2n) is 5.93. The Labute approximate surface area is 143 Å². The van der Waals surface area contributed by atoms with Gasteiger partial charge in [-0.15, -0.1) is 0 Å². The van der Waals surface area contributed by atoms with E-state index in [4.69, 9.17) is 11.6 Å². The maximum absolute atomic E-state index is 12.3. The number of halogens is 1. The lowest BCUT2D eigenvalue weighted by Gasteiger charge is -2.06. The summed E-state index contributed by atoms with van der Waals surface area (Å²) in [5.41, 5.74) is 2.93. The quantitative estimate of drug-likeness (QED) is 0.746. The number of hydrogen-bond donors (Lipinski definition) is 2. The van der Waals surface area contributed by atoms with Crippen LogP contribution >= 0.6 is 11.6 Å². The molecule has 2 N–H and O–H groups in total. The molecule has 1 fully saturated rings. The molecule has 0 unspecified atom stereocenters. The van der Waals surface area contributed by atoms with Crippen molar-refractivity contribution in [2.75, 3.05) is 5.32 Å². The van der Waals surface area contributed by atoms with Gasteiger partial charge in [0.25, 0.3) is 5.91 Å². The van der Waals surface area contributed by atoms with Crippen LogP contribution in [0.5, 0.6) is 0 Å². The smallest absolute Gasteiger partial charge is 0.277 e. The fraction of sp³-hybridized carbons (Fsp3) is 0.235. The summed E-state index contributed by atoms with van der Waals surface area (Å²) in [6.07, 6.45) is 5.85. The Morgan fingerprint density at radius 2 is 2.12 bits per heavy atom. The first-order valence-corrected chi connectivity index (χ1v) is 8.20. The van der Waals surface area contributed by atoms with Crippen LogP contribution in [0.2, 0.25) is 5.02 Å². The van der Waals surface area contributed by atoms with Crippen molar-refractivity contribution in [1.29, 1.82) is 0 Å².